The summed E-state index contributed by atoms with van der Waals surface area (Å²) in [5.41, 5.74) is 5.77. The molecule has 5 nitrogen and oxygen atoms in total. The van der Waals surface area contributed by atoms with Crippen molar-refractivity contribution >= 4 is 23.3 Å². The summed E-state index contributed by atoms with van der Waals surface area (Å²) in [4.78, 5) is 22.9. The van der Waals surface area contributed by atoms with Crippen molar-refractivity contribution in [1.29, 1.82) is 0 Å². The number of benzene rings is 1. The highest BCUT2D eigenvalue weighted by Crippen LogP contribution is 2.41. The number of carbonyl (C=O) groups excluding carboxylic acids is 2. The van der Waals surface area contributed by atoms with Gasteiger partial charge in [-0.15, -0.1) is 0 Å². The van der Waals surface area contributed by atoms with Crippen molar-refractivity contribution < 1.29 is 22.8 Å². The van der Waals surface area contributed by atoms with Gasteiger partial charge >= 0.3 is 12.2 Å². The summed E-state index contributed by atoms with van der Waals surface area (Å²) < 4.78 is 39.1. The number of halogens is 3. The zero-order chi connectivity index (χ0) is 17.0. The van der Waals surface area contributed by atoms with Gasteiger partial charge in [-0.05, 0) is 37.1 Å². The summed E-state index contributed by atoms with van der Waals surface area (Å²) in [5.74, 6) is -3.28. The molecule has 0 saturated heterocycles. The lowest BCUT2D eigenvalue weighted by Gasteiger charge is -2.32. The van der Waals surface area contributed by atoms with Crippen LogP contribution in [0, 0.1) is 11.8 Å². The Balaban J connectivity index is 2.03. The highest BCUT2D eigenvalue weighted by Gasteiger charge is 2.47. The van der Waals surface area contributed by atoms with Gasteiger partial charge in [0, 0.05) is 17.3 Å². The van der Waals surface area contributed by atoms with Gasteiger partial charge in [0.15, 0.2) is 0 Å². The van der Waals surface area contributed by atoms with Gasteiger partial charge in [-0.1, -0.05) is 12.8 Å². The molecule has 1 fully saturated rings. The normalized spacial score (nSPS) is 21.5. The number of alkyl halides is 3. The number of hydrogen-bond donors (Lipinski definition) is 3. The summed E-state index contributed by atoms with van der Waals surface area (Å²) in [5, 5.41) is 4.86. The lowest BCUT2D eigenvalue weighted by molar-refractivity contribution is -0.197. The molecule has 2 atom stereocenters. The van der Waals surface area contributed by atoms with Gasteiger partial charge < -0.3 is 16.4 Å². The van der Waals surface area contributed by atoms with Crippen LogP contribution in [-0.2, 0) is 4.79 Å². The minimum atomic E-state index is -4.36. The van der Waals surface area contributed by atoms with E-state index in [1.54, 1.807) is 0 Å². The topological polar surface area (TPSA) is 84.2 Å². The second-order valence-corrected chi connectivity index (χ2v) is 5.59. The van der Waals surface area contributed by atoms with Gasteiger partial charge in [-0.25, -0.2) is 4.79 Å². The van der Waals surface area contributed by atoms with E-state index in [-0.39, 0.29) is 12.8 Å². The molecule has 0 aromatic heterocycles. The van der Waals surface area contributed by atoms with Crippen LogP contribution in [0.3, 0.4) is 0 Å². The van der Waals surface area contributed by atoms with E-state index >= 15 is 0 Å². The maximum absolute atomic E-state index is 13.0. The summed E-state index contributed by atoms with van der Waals surface area (Å²) in [6.07, 6.45) is -3.04. The number of amides is 3. The Hall–Kier alpha value is -2.25. The molecule has 0 radical (unpaired) electrons. The molecule has 126 valence electrons. The van der Waals surface area contributed by atoms with Crippen molar-refractivity contribution in [3.8, 4) is 0 Å². The van der Waals surface area contributed by atoms with E-state index < -0.39 is 30.0 Å². The van der Waals surface area contributed by atoms with Crippen molar-refractivity contribution in [2.75, 3.05) is 10.6 Å². The van der Waals surface area contributed by atoms with Crippen molar-refractivity contribution in [2.24, 2.45) is 17.6 Å². The van der Waals surface area contributed by atoms with Gasteiger partial charge in [-0.2, -0.15) is 13.2 Å². The molecule has 0 heterocycles. The Bertz CT molecular complexity index is 572. The average Bonchev–Trinajstić information content (AvgIpc) is 2.48. The van der Waals surface area contributed by atoms with Crippen LogP contribution in [0.5, 0.6) is 0 Å². The number of primary amides is 1. The maximum Gasteiger partial charge on any atom is 0.392 e. The smallest absolute Gasteiger partial charge is 0.351 e. The molecule has 3 amide bonds. The van der Waals surface area contributed by atoms with Crippen LogP contribution in [0.1, 0.15) is 25.7 Å². The molecule has 1 aliphatic rings. The third-order valence-electron chi connectivity index (χ3n) is 3.94. The Morgan fingerprint density at radius 2 is 1.52 bits per heavy atom. The zero-order valence-electron chi connectivity index (χ0n) is 12.3. The largest absolute Gasteiger partial charge is 0.392 e. The quantitative estimate of drug-likeness (QED) is 0.793. The van der Waals surface area contributed by atoms with E-state index in [2.05, 4.69) is 10.6 Å². The fourth-order valence-electron chi connectivity index (χ4n) is 2.85. The predicted molar refractivity (Wildman–Crippen MR) is 79.8 cm³/mol. The molecule has 0 unspecified atom stereocenters. The van der Waals surface area contributed by atoms with Gasteiger partial charge in [0.1, 0.15) is 0 Å². The molecule has 0 spiro atoms. The molecule has 23 heavy (non-hydrogen) atoms. The Morgan fingerprint density at radius 1 is 1.00 bits per heavy atom. The molecular formula is C15H18F3N3O2. The van der Waals surface area contributed by atoms with Crippen LogP contribution in [-0.4, -0.2) is 18.1 Å². The number of rotatable bonds is 3. The van der Waals surface area contributed by atoms with Crippen molar-refractivity contribution in [1.82, 2.24) is 0 Å². The highest BCUT2D eigenvalue weighted by atomic mass is 19.4. The first-order chi connectivity index (χ1) is 10.8. The lowest BCUT2D eigenvalue weighted by atomic mass is 9.78. The number of anilines is 2. The first kappa shape index (κ1) is 17.1. The van der Waals surface area contributed by atoms with E-state index in [4.69, 9.17) is 5.73 Å². The van der Waals surface area contributed by atoms with Gasteiger partial charge in [-0.3, -0.25) is 4.79 Å². The molecule has 4 N–H and O–H groups in total. The standard InChI is InChI=1S/C15H18F3N3O2/c16-15(17,18)12-4-2-1-3-11(12)13(22)20-9-5-7-10(8-6-9)21-14(19)23/h5-8,11-12H,1-4H2,(H,20,22)(H3,19,21,23)/t11-,12+/m1/s1. The van der Waals surface area contributed by atoms with Crippen LogP contribution in [0.4, 0.5) is 29.3 Å². The van der Waals surface area contributed by atoms with E-state index in [0.717, 1.165) is 0 Å². The second kappa shape index (κ2) is 6.89. The molecule has 8 heteroatoms. The molecule has 2 rings (SSSR count). The average molecular weight is 329 g/mol. The number of hydrogen-bond acceptors (Lipinski definition) is 2. The lowest BCUT2D eigenvalue weighted by Crippen LogP contribution is -2.39. The predicted octanol–water partition coefficient (Wildman–Crippen LogP) is 3.48. The van der Waals surface area contributed by atoms with E-state index in [0.29, 0.717) is 24.2 Å². The molecule has 1 aliphatic carbocycles. The van der Waals surface area contributed by atoms with Crippen molar-refractivity contribution in [2.45, 2.75) is 31.9 Å². The third-order valence-corrected chi connectivity index (χ3v) is 3.94. The molecular weight excluding hydrogens is 311 g/mol. The van der Waals surface area contributed by atoms with E-state index in [1.165, 1.54) is 24.3 Å². The number of carbonyl (C=O) groups is 2. The first-order valence-corrected chi connectivity index (χ1v) is 7.31. The van der Waals surface area contributed by atoms with Gasteiger partial charge in [0.2, 0.25) is 5.91 Å². The Morgan fingerprint density at radius 3 is 2.04 bits per heavy atom. The van der Waals surface area contributed by atoms with Gasteiger partial charge in [0.05, 0.1) is 5.92 Å². The highest BCUT2D eigenvalue weighted by molar-refractivity contribution is 5.93. The minimum Gasteiger partial charge on any atom is -0.351 e. The van der Waals surface area contributed by atoms with Crippen LogP contribution in [0.2, 0.25) is 0 Å². The first-order valence-electron chi connectivity index (χ1n) is 7.31. The van der Waals surface area contributed by atoms with Crippen LogP contribution in [0.25, 0.3) is 0 Å². The summed E-state index contributed by atoms with van der Waals surface area (Å²) in [6.45, 7) is 0. The molecule has 1 aromatic rings. The Labute approximate surface area is 131 Å². The maximum atomic E-state index is 13.0. The summed E-state index contributed by atoms with van der Waals surface area (Å²) in [7, 11) is 0. The van der Waals surface area contributed by atoms with Crippen LogP contribution >= 0.6 is 0 Å². The van der Waals surface area contributed by atoms with Gasteiger partial charge in [0.25, 0.3) is 0 Å². The number of nitrogens with two attached hydrogens (primary N) is 1. The fraction of sp³-hybridized carbons (Fsp3) is 0.467. The summed E-state index contributed by atoms with van der Waals surface area (Å²) in [6, 6.07) is 5.27. The Kier molecular flexibility index (Phi) is 5.12. The van der Waals surface area contributed by atoms with Crippen LogP contribution < -0.4 is 16.4 Å². The third kappa shape index (κ3) is 4.61. The second-order valence-electron chi connectivity index (χ2n) is 5.59. The zero-order valence-corrected chi connectivity index (χ0v) is 12.3. The molecule has 1 saturated carbocycles. The summed E-state index contributed by atoms with van der Waals surface area (Å²) >= 11 is 0. The molecule has 1 aromatic carbocycles. The van der Waals surface area contributed by atoms with Crippen molar-refractivity contribution in [3.63, 3.8) is 0 Å². The van der Waals surface area contributed by atoms with Crippen molar-refractivity contribution in [3.05, 3.63) is 24.3 Å². The SMILES string of the molecule is NC(=O)Nc1ccc(NC(=O)[C@@H]2CCCC[C@@H]2C(F)(F)F)cc1. The monoisotopic (exact) mass is 329 g/mol. The number of nitrogens with one attached hydrogen (secondary N) is 2. The van der Waals surface area contributed by atoms with E-state index in [9.17, 15) is 22.8 Å². The molecule has 0 aliphatic heterocycles. The van der Waals surface area contributed by atoms with Crippen LogP contribution in [0.15, 0.2) is 24.3 Å². The fourth-order valence-corrected chi connectivity index (χ4v) is 2.85. The molecule has 0 bridgehead atoms. The van der Waals surface area contributed by atoms with E-state index in [1.807, 2.05) is 0 Å². The number of urea groups is 1. The minimum absolute atomic E-state index is 0.0109.